The smallest absolute Gasteiger partial charge is 0.254 e. The maximum Gasteiger partial charge on any atom is 0.254 e. The van der Waals surface area contributed by atoms with Crippen LogP contribution in [0.1, 0.15) is 57.2 Å². The van der Waals surface area contributed by atoms with Crippen molar-refractivity contribution >= 4 is 24.1 Å². The molecule has 2 aromatic carbocycles. The molecular formula is C23H29ClN2O2. The van der Waals surface area contributed by atoms with Crippen LogP contribution in [0.4, 0.5) is 0 Å². The molecule has 5 heteroatoms. The van der Waals surface area contributed by atoms with Crippen LogP contribution in [0.2, 0.25) is 0 Å². The fourth-order valence-electron chi connectivity index (χ4n) is 3.70. The summed E-state index contributed by atoms with van der Waals surface area (Å²) < 4.78 is 0. The maximum atomic E-state index is 13.1. The molecule has 1 fully saturated rings. The Balaban J connectivity index is 0.00000280. The number of carbonyl (C=O) groups excluding carboxylic acids is 2. The minimum absolute atomic E-state index is 0. The topological polar surface area (TPSA) is 63.4 Å². The minimum Gasteiger partial charge on any atom is -0.339 e. The van der Waals surface area contributed by atoms with Crippen LogP contribution in [0, 0.1) is 19.8 Å². The fraction of sp³-hybridized carbons (Fsp3) is 0.391. The second-order valence-corrected chi connectivity index (χ2v) is 7.66. The Morgan fingerprint density at radius 2 is 1.61 bits per heavy atom. The third-order valence-electron chi connectivity index (χ3n) is 5.74. The van der Waals surface area contributed by atoms with Crippen molar-refractivity contribution in [2.24, 2.45) is 11.7 Å². The molecule has 2 N–H and O–H groups in total. The minimum atomic E-state index is -0.104. The van der Waals surface area contributed by atoms with Crippen LogP contribution >= 0.6 is 12.4 Å². The van der Waals surface area contributed by atoms with Gasteiger partial charge < -0.3 is 10.6 Å². The molecule has 1 unspecified atom stereocenters. The number of piperidine rings is 1. The number of amides is 1. The second kappa shape index (κ2) is 9.35. The molecule has 0 aromatic heterocycles. The highest BCUT2D eigenvalue weighted by Gasteiger charge is 2.27. The third kappa shape index (κ3) is 4.62. The van der Waals surface area contributed by atoms with Gasteiger partial charge in [-0.2, -0.15) is 0 Å². The lowest BCUT2D eigenvalue weighted by atomic mass is 9.90. The third-order valence-corrected chi connectivity index (χ3v) is 5.74. The number of likely N-dealkylation sites (tertiary alicyclic amines) is 1. The van der Waals surface area contributed by atoms with E-state index in [1.807, 2.05) is 56.0 Å². The first-order valence-electron chi connectivity index (χ1n) is 9.64. The molecule has 0 radical (unpaired) electrons. The SMILES string of the molecule is Cc1ccc(C(=O)c2ccccc2C(=O)N2CCC(C(C)N)CC2)cc1C.Cl. The number of aryl methyl sites for hydroxylation is 2. The number of nitrogens with zero attached hydrogens (tertiary/aromatic N) is 1. The van der Waals surface area contributed by atoms with Crippen LogP contribution < -0.4 is 5.73 Å². The molecule has 1 aliphatic heterocycles. The van der Waals surface area contributed by atoms with Crippen molar-refractivity contribution in [3.05, 3.63) is 70.3 Å². The Morgan fingerprint density at radius 1 is 1.00 bits per heavy atom. The van der Waals surface area contributed by atoms with E-state index in [9.17, 15) is 9.59 Å². The standard InChI is InChI=1S/C23H28N2O2.ClH/c1-15-8-9-19(14-16(15)2)22(26)20-6-4-5-7-21(20)23(27)25-12-10-18(11-13-25)17(3)24;/h4-9,14,17-18H,10-13,24H2,1-3H3;1H. The van der Waals surface area contributed by atoms with E-state index in [1.54, 1.807) is 12.1 Å². The highest BCUT2D eigenvalue weighted by atomic mass is 35.5. The summed E-state index contributed by atoms with van der Waals surface area (Å²) in [6.07, 6.45) is 1.83. The van der Waals surface area contributed by atoms with Crippen molar-refractivity contribution in [1.29, 1.82) is 0 Å². The van der Waals surface area contributed by atoms with Crippen molar-refractivity contribution in [2.75, 3.05) is 13.1 Å². The number of hydrogen-bond donors (Lipinski definition) is 1. The first kappa shape index (κ1) is 22.1. The van der Waals surface area contributed by atoms with Crippen molar-refractivity contribution < 1.29 is 9.59 Å². The van der Waals surface area contributed by atoms with Gasteiger partial charge in [-0.15, -0.1) is 12.4 Å². The van der Waals surface area contributed by atoms with Crippen molar-refractivity contribution in [3.8, 4) is 0 Å². The summed E-state index contributed by atoms with van der Waals surface area (Å²) in [4.78, 5) is 28.0. The number of nitrogens with two attached hydrogens (primary N) is 1. The molecule has 2 aromatic rings. The van der Waals surface area contributed by atoms with Crippen LogP contribution in [-0.4, -0.2) is 35.7 Å². The van der Waals surface area contributed by atoms with E-state index in [4.69, 9.17) is 5.73 Å². The summed E-state index contributed by atoms with van der Waals surface area (Å²) in [5.41, 5.74) is 9.80. The van der Waals surface area contributed by atoms with Crippen molar-refractivity contribution in [2.45, 2.75) is 39.7 Å². The molecular weight excluding hydrogens is 372 g/mol. The van der Waals surface area contributed by atoms with Gasteiger partial charge in [0, 0.05) is 30.3 Å². The molecule has 1 atom stereocenters. The van der Waals surface area contributed by atoms with E-state index in [0.717, 1.165) is 24.0 Å². The Labute approximate surface area is 173 Å². The van der Waals surface area contributed by atoms with Gasteiger partial charge in [0.25, 0.3) is 5.91 Å². The zero-order chi connectivity index (χ0) is 19.6. The molecule has 1 aliphatic rings. The van der Waals surface area contributed by atoms with Gasteiger partial charge in [-0.3, -0.25) is 9.59 Å². The molecule has 4 nitrogen and oxygen atoms in total. The van der Waals surface area contributed by atoms with Crippen LogP contribution in [0.3, 0.4) is 0 Å². The number of hydrogen-bond acceptors (Lipinski definition) is 3. The van der Waals surface area contributed by atoms with E-state index in [0.29, 0.717) is 35.7 Å². The zero-order valence-corrected chi connectivity index (χ0v) is 17.6. The predicted molar refractivity (Wildman–Crippen MR) is 115 cm³/mol. The summed E-state index contributed by atoms with van der Waals surface area (Å²) in [5.74, 6) is 0.292. The monoisotopic (exact) mass is 400 g/mol. The van der Waals surface area contributed by atoms with Crippen LogP contribution in [0.5, 0.6) is 0 Å². The Bertz CT molecular complexity index is 855. The zero-order valence-electron chi connectivity index (χ0n) is 16.8. The Morgan fingerprint density at radius 3 is 2.18 bits per heavy atom. The molecule has 0 spiro atoms. The van der Waals surface area contributed by atoms with Gasteiger partial charge in [0.15, 0.2) is 5.78 Å². The lowest BCUT2D eigenvalue weighted by molar-refractivity contribution is 0.0677. The number of ketones is 1. The molecule has 1 saturated heterocycles. The van der Waals surface area contributed by atoms with E-state index in [1.165, 1.54) is 0 Å². The summed E-state index contributed by atoms with van der Waals surface area (Å²) in [5, 5.41) is 0. The molecule has 3 rings (SSSR count). The second-order valence-electron chi connectivity index (χ2n) is 7.66. The first-order chi connectivity index (χ1) is 12.9. The van der Waals surface area contributed by atoms with Crippen LogP contribution in [0.15, 0.2) is 42.5 Å². The van der Waals surface area contributed by atoms with E-state index < -0.39 is 0 Å². The van der Waals surface area contributed by atoms with Crippen molar-refractivity contribution in [1.82, 2.24) is 4.90 Å². The number of carbonyl (C=O) groups is 2. The van der Waals surface area contributed by atoms with Crippen molar-refractivity contribution in [3.63, 3.8) is 0 Å². The van der Waals surface area contributed by atoms with Gasteiger partial charge >= 0.3 is 0 Å². The van der Waals surface area contributed by atoms with Crippen LogP contribution in [0.25, 0.3) is 0 Å². The average molecular weight is 401 g/mol. The lowest BCUT2D eigenvalue weighted by Gasteiger charge is -2.34. The Hall–Kier alpha value is -2.17. The number of benzene rings is 2. The van der Waals surface area contributed by atoms with Gasteiger partial charge in [0.2, 0.25) is 0 Å². The molecule has 1 heterocycles. The summed E-state index contributed by atoms with van der Waals surface area (Å²) in [6, 6.07) is 13.0. The average Bonchev–Trinajstić information content (AvgIpc) is 2.69. The molecule has 0 aliphatic carbocycles. The van der Waals surface area contributed by atoms with Gasteiger partial charge in [-0.25, -0.2) is 0 Å². The largest absolute Gasteiger partial charge is 0.339 e. The molecule has 150 valence electrons. The van der Waals surface area contributed by atoms with Crippen LogP contribution in [-0.2, 0) is 0 Å². The molecule has 0 saturated carbocycles. The predicted octanol–water partition coefficient (Wildman–Crippen LogP) is 4.16. The maximum absolute atomic E-state index is 13.1. The Kier molecular flexibility index (Phi) is 7.39. The van der Waals surface area contributed by atoms with E-state index in [2.05, 4.69) is 0 Å². The normalized spacial score (nSPS) is 15.6. The highest BCUT2D eigenvalue weighted by molar-refractivity contribution is 6.15. The lowest BCUT2D eigenvalue weighted by Crippen LogP contribution is -2.42. The first-order valence-corrected chi connectivity index (χ1v) is 9.64. The molecule has 28 heavy (non-hydrogen) atoms. The molecule has 0 bridgehead atoms. The van der Waals surface area contributed by atoms with E-state index in [-0.39, 0.29) is 30.1 Å². The van der Waals surface area contributed by atoms with Gasteiger partial charge in [-0.1, -0.05) is 30.3 Å². The van der Waals surface area contributed by atoms with E-state index >= 15 is 0 Å². The fourth-order valence-corrected chi connectivity index (χ4v) is 3.70. The summed E-state index contributed by atoms with van der Waals surface area (Å²) >= 11 is 0. The van der Waals surface area contributed by atoms with Gasteiger partial charge in [-0.05, 0) is 62.8 Å². The van der Waals surface area contributed by atoms with Gasteiger partial charge in [0.1, 0.15) is 0 Å². The number of rotatable bonds is 4. The molecule has 1 amide bonds. The summed E-state index contributed by atoms with van der Waals surface area (Å²) in [6.45, 7) is 7.42. The highest BCUT2D eigenvalue weighted by Crippen LogP contribution is 2.23. The quantitative estimate of drug-likeness (QED) is 0.784. The number of halogens is 1. The summed E-state index contributed by atoms with van der Waals surface area (Å²) in [7, 11) is 0. The van der Waals surface area contributed by atoms with Gasteiger partial charge in [0.05, 0.1) is 5.56 Å².